The molecule has 112 valence electrons. The molecule has 0 bridgehead atoms. The molecule has 21 heavy (non-hydrogen) atoms. The van der Waals surface area contributed by atoms with Crippen molar-refractivity contribution in [2.45, 2.75) is 13.1 Å². The summed E-state index contributed by atoms with van der Waals surface area (Å²) in [6.07, 6.45) is -4.54. The largest absolute Gasteiger partial charge is 0.459 e. The van der Waals surface area contributed by atoms with Crippen LogP contribution in [-0.2, 0) is 10.9 Å². The number of carbonyl (C=O) groups excluding carboxylic acids is 1. The van der Waals surface area contributed by atoms with Crippen molar-refractivity contribution < 1.29 is 27.1 Å². The van der Waals surface area contributed by atoms with E-state index < -0.39 is 23.6 Å². The Morgan fingerprint density at radius 1 is 1.38 bits per heavy atom. The van der Waals surface area contributed by atoms with Gasteiger partial charge in [-0.1, -0.05) is 11.6 Å². The van der Waals surface area contributed by atoms with Crippen molar-refractivity contribution in [3.63, 3.8) is 0 Å². The number of benzene rings is 1. The van der Waals surface area contributed by atoms with Crippen molar-refractivity contribution in [1.82, 2.24) is 10.2 Å². The summed E-state index contributed by atoms with van der Waals surface area (Å²) in [6.45, 7) is 1.68. The van der Waals surface area contributed by atoms with Gasteiger partial charge in [-0.25, -0.2) is 4.79 Å². The summed E-state index contributed by atoms with van der Waals surface area (Å²) < 4.78 is 47.6. The van der Waals surface area contributed by atoms with Crippen LogP contribution >= 0.6 is 11.6 Å². The van der Waals surface area contributed by atoms with E-state index in [-0.39, 0.29) is 23.1 Å². The number of hydrogen-bond acceptors (Lipinski definition) is 5. The zero-order valence-corrected chi connectivity index (χ0v) is 11.3. The Hall–Kier alpha value is -2.09. The van der Waals surface area contributed by atoms with Crippen LogP contribution in [0.25, 0.3) is 11.5 Å². The maximum Gasteiger partial charge on any atom is 0.416 e. The molecule has 1 aromatic carbocycles. The number of nitrogens with zero attached hydrogens (tertiary/aromatic N) is 2. The normalized spacial score (nSPS) is 11.5. The molecule has 0 aliphatic carbocycles. The van der Waals surface area contributed by atoms with E-state index in [0.717, 1.165) is 18.2 Å². The van der Waals surface area contributed by atoms with Gasteiger partial charge in [0.15, 0.2) is 0 Å². The summed E-state index contributed by atoms with van der Waals surface area (Å²) in [6, 6.07) is 2.66. The molecule has 1 aromatic heterocycles. The number of alkyl halides is 3. The lowest BCUT2D eigenvalue weighted by Gasteiger charge is -2.08. The molecule has 0 aliphatic heterocycles. The van der Waals surface area contributed by atoms with Crippen LogP contribution in [0.3, 0.4) is 0 Å². The van der Waals surface area contributed by atoms with Crippen LogP contribution in [0.1, 0.15) is 23.2 Å². The third-order valence-electron chi connectivity index (χ3n) is 2.40. The predicted molar refractivity (Wildman–Crippen MR) is 65.7 cm³/mol. The third-order valence-corrected chi connectivity index (χ3v) is 2.73. The first-order valence-corrected chi connectivity index (χ1v) is 6.08. The Morgan fingerprint density at radius 2 is 2.10 bits per heavy atom. The molecule has 0 unspecified atom stereocenters. The smallest absolute Gasteiger partial charge is 0.416 e. The van der Waals surface area contributed by atoms with E-state index in [4.69, 9.17) is 16.0 Å². The molecule has 5 nitrogen and oxygen atoms in total. The van der Waals surface area contributed by atoms with Gasteiger partial charge >= 0.3 is 18.0 Å². The molecule has 9 heteroatoms. The third kappa shape index (κ3) is 3.33. The van der Waals surface area contributed by atoms with Gasteiger partial charge in [0, 0.05) is 0 Å². The number of esters is 1. The van der Waals surface area contributed by atoms with Gasteiger partial charge in [-0.15, -0.1) is 10.2 Å². The maximum absolute atomic E-state index is 12.7. The molecule has 0 spiro atoms. The fourth-order valence-corrected chi connectivity index (χ4v) is 1.67. The zero-order valence-electron chi connectivity index (χ0n) is 10.6. The topological polar surface area (TPSA) is 65.2 Å². The number of halogens is 4. The highest BCUT2D eigenvalue weighted by Crippen LogP contribution is 2.35. The highest BCUT2D eigenvalue weighted by Gasteiger charge is 2.31. The number of hydrogen-bond donors (Lipinski definition) is 0. The lowest BCUT2D eigenvalue weighted by molar-refractivity contribution is -0.137. The van der Waals surface area contributed by atoms with Gasteiger partial charge in [-0.3, -0.25) is 0 Å². The first kappa shape index (κ1) is 15.3. The quantitative estimate of drug-likeness (QED) is 0.809. The van der Waals surface area contributed by atoms with Gasteiger partial charge in [0.2, 0.25) is 5.89 Å². The van der Waals surface area contributed by atoms with Crippen molar-refractivity contribution in [2.24, 2.45) is 0 Å². The van der Waals surface area contributed by atoms with Crippen LogP contribution in [-0.4, -0.2) is 22.8 Å². The van der Waals surface area contributed by atoms with E-state index in [9.17, 15) is 18.0 Å². The van der Waals surface area contributed by atoms with Crippen molar-refractivity contribution in [2.75, 3.05) is 6.61 Å². The summed E-state index contributed by atoms with van der Waals surface area (Å²) >= 11 is 5.82. The molecule has 0 N–H and O–H groups in total. The van der Waals surface area contributed by atoms with Crippen LogP contribution < -0.4 is 0 Å². The van der Waals surface area contributed by atoms with E-state index in [1.54, 1.807) is 6.92 Å². The predicted octanol–water partition coefficient (Wildman–Crippen LogP) is 3.59. The molecule has 0 radical (unpaired) electrons. The second-order valence-corrected chi connectivity index (χ2v) is 4.23. The van der Waals surface area contributed by atoms with E-state index in [2.05, 4.69) is 14.9 Å². The molecular formula is C12H8ClF3N2O3. The van der Waals surface area contributed by atoms with Crippen molar-refractivity contribution in [1.29, 1.82) is 0 Å². The van der Waals surface area contributed by atoms with Crippen LogP contribution in [0, 0.1) is 0 Å². The van der Waals surface area contributed by atoms with Crippen molar-refractivity contribution in [3.05, 3.63) is 34.7 Å². The molecule has 0 amide bonds. The zero-order chi connectivity index (χ0) is 15.6. The number of ether oxygens (including phenoxy) is 1. The monoisotopic (exact) mass is 320 g/mol. The number of rotatable bonds is 3. The van der Waals surface area contributed by atoms with Crippen LogP contribution in [0.5, 0.6) is 0 Å². The summed E-state index contributed by atoms with van der Waals surface area (Å²) in [5.41, 5.74) is -1.03. The van der Waals surface area contributed by atoms with Gasteiger partial charge in [-0.2, -0.15) is 13.2 Å². The first-order chi connectivity index (χ1) is 9.82. The molecule has 1 heterocycles. The molecular weight excluding hydrogens is 313 g/mol. The highest BCUT2D eigenvalue weighted by molar-refractivity contribution is 6.33. The fraction of sp³-hybridized carbons (Fsp3) is 0.250. The molecule has 2 rings (SSSR count). The second kappa shape index (κ2) is 5.72. The average Bonchev–Trinajstić information content (AvgIpc) is 2.87. The van der Waals surface area contributed by atoms with E-state index in [0.29, 0.717) is 0 Å². The highest BCUT2D eigenvalue weighted by atomic mass is 35.5. The van der Waals surface area contributed by atoms with Gasteiger partial charge in [0.05, 0.1) is 22.8 Å². The summed E-state index contributed by atoms with van der Waals surface area (Å²) in [4.78, 5) is 11.4. The second-order valence-electron chi connectivity index (χ2n) is 3.83. The van der Waals surface area contributed by atoms with Crippen molar-refractivity contribution >= 4 is 17.6 Å². The Bertz CT molecular complexity index is 670. The molecule has 0 fully saturated rings. The lowest BCUT2D eigenvalue weighted by Crippen LogP contribution is -2.05. The van der Waals surface area contributed by atoms with E-state index in [1.807, 2.05) is 0 Å². The number of aromatic nitrogens is 2. The molecule has 0 aliphatic rings. The SMILES string of the molecule is CCOC(=O)c1nnc(-c2cc(C(F)(F)F)ccc2Cl)o1. The summed E-state index contributed by atoms with van der Waals surface area (Å²) in [7, 11) is 0. The minimum Gasteiger partial charge on any atom is -0.459 e. The van der Waals surface area contributed by atoms with Crippen molar-refractivity contribution in [3.8, 4) is 11.5 Å². The maximum atomic E-state index is 12.7. The molecule has 0 saturated carbocycles. The lowest BCUT2D eigenvalue weighted by atomic mass is 10.1. The van der Waals surface area contributed by atoms with E-state index in [1.165, 1.54) is 0 Å². The van der Waals surface area contributed by atoms with Crippen LogP contribution in [0.4, 0.5) is 13.2 Å². The summed E-state index contributed by atoms with van der Waals surface area (Å²) in [5.74, 6) is -1.62. The minimum atomic E-state index is -4.54. The van der Waals surface area contributed by atoms with Crippen LogP contribution in [0.2, 0.25) is 5.02 Å². The Labute approximate surface area is 121 Å². The van der Waals surface area contributed by atoms with Crippen LogP contribution in [0.15, 0.2) is 22.6 Å². The summed E-state index contributed by atoms with van der Waals surface area (Å²) in [5, 5.41) is 6.91. The fourth-order valence-electron chi connectivity index (χ4n) is 1.47. The Kier molecular flexibility index (Phi) is 4.17. The first-order valence-electron chi connectivity index (χ1n) is 5.70. The van der Waals surface area contributed by atoms with Gasteiger partial charge in [-0.05, 0) is 25.1 Å². The molecule has 0 atom stereocenters. The molecule has 2 aromatic rings. The Balaban J connectivity index is 2.40. The van der Waals surface area contributed by atoms with Gasteiger partial charge in [0.25, 0.3) is 0 Å². The average molecular weight is 321 g/mol. The number of carbonyl (C=O) groups is 1. The van der Waals surface area contributed by atoms with Gasteiger partial charge in [0.1, 0.15) is 0 Å². The Morgan fingerprint density at radius 3 is 2.71 bits per heavy atom. The molecule has 0 saturated heterocycles. The van der Waals surface area contributed by atoms with E-state index >= 15 is 0 Å². The van der Waals surface area contributed by atoms with Gasteiger partial charge < -0.3 is 9.15 Å². The minimum absolute atomic E-state index is 0.0120. The standard InChI is InChI=1S/C12H8ClF3N2O3/c1-2-20-11(19)10-18-17-9(21-10)7-5-6(12(14,15)16)3-4-8(7)13/h3-5H,2H2,1H3.